The van der Waals surface area contributed by atoms with Gasteiger partial charge in [0.2, 0.25) is 17.0 Å². The van der Waals surface area contributed by atoms with Crippen LogP contribution in [0.1, 0.15) is 16.7 Å². The quantitative estimate of drug-likeness (QED) is 0.507. The van der Waals surface area contributed by atoms with Gasteiger partial charge in [-0.15, -0.1) is 0 Å². The van der Waals surface area contributed by atoms with Crippen molar-refractivity contribution >= 4 is 17.0 Å². The third-order valence-corrected chi connectivity index (χ3v) is 5.70. The van der Waals surface area contributed by atoms with E-state index < -0.39 is 11.1 Å². The van der Waals surface area contributed by atoms with E-state index in [0.717, 1.165) is 12.0 Å². The van der Waals surface area contributed by atoms with Crippen molar-refractivity contribution in [2.75, 3.05) is 13.7 Å². The zero-order chi connectivity index (χ0) is 22.1. The lowest BCUT2D eigenvalue weighted by atomic mass is 10.0. The second kappa shape index (κ2) is 11.3. The fourth-order valence-corrected chi connectivity index (χ4v) is 3.93. The van der Waals surface area contributed by atoms with Gasteiger partial charge in [0, 0.05) is 12.1 Å². The van der Waals surface area contributed by atoms with Crippen LogP contribution in [-0.2, 0) is 35.3 Å². The second-order valence-electron chi connectivity index (χ2n) is 6.79. The number of nitrogens with one attached hydrogen (secondary N) is 1. The standard InChI is InChI=1S/C24H25NO5S/c1-29-22-13-12-19(16-23(27)25-15-14-18-8-4-2-5-9-18)21(17-26)24(22)30-31(28)20-10-6-3-7-11-20/h2-13,26H,14-17H2,1H3,(H,25,27). The minimum Gasteiger partial charge on any atom is -0.493 e. The van der Waals surface area contributed by atoms with Crippen LogP contribution in [0.15, 0.2) is 77.7 Å². The van der Waals surface area contributed by atoms with Crippen LogP contribution in [0, 0.1) is 0 Å². The zero-order valence-corrected chi connectivity index (χ0v) is 18.1. The van der Waals surface area contributed by atoms with Crippen LogP contribution in [0.3, 0.4) is 0 Å². The molecule has 0 aliphatic carbocycles. The third kappa shape index (κ3) is 6.16. The summed E-state index contributed by atoms with van der Waals surface area (Å²) in [6.07, 6.45) is 0.787. The van der Waals surface area contributed by atoms with E-state index in [1.165, 1.54) is 7.11 Å². The number of carbonyl (C=O) groups excluding carboxylic acids is 1. The summed E-state index contributed by atoms with van der Waals surface area (Å²) >= 11 is -1.80. The highest BCUT2D eigenvalue weighted by Crippen LogP contribution is 2.35. The first-order valence-electron chi connectivity index (χ1n) is 9.87. The topological polar surface area (TPSA) is 84.9 Å². The lowest BCUT2D eigenvalue weighted by molar-refractivity contribution is -0.120. The molecule has 162 valence electrons. The van der Waals surface area contributed by atoms with E-state index in [0.29, 0.717) is 28.3 Å². The Labute approximate surface area is 184 Å². The molecule has 0 heterocycles. The van der Waals surface area contributed by atoms with Gasteiger partial charge in [-0.2, -0.15) is 0 Å². The minimum absolute atomic E-state index is 0.0585. The Hall–Kier alpha value is -3.16. The number of carbonyl (C=O) groups is 1. The van der Waals surface area contributed by atoms with Crippen LogP contribution in [0.2, 0.25) is 0 Å². The van der Waals surface area contributed by atoms with Gasteiger partial charge in [-0.25, -0.2) is 4.21 Å². The van der Waals surface area contributed by atoms with E-state index in [-0.39, 0.29) is 24.7 Å². The molecule has 0 aromatic heterocycles. The fraction of sp³-hybridized carbons (Fsp3) is 0.208. The number of hydrogen-bond acceptors (Lipinski definition) is 5. The number of aliphatic hydroxyl groups is 1. The molecule has 3 aromatic rings. The summed E-state index contributed by atoms with van der Waals surface area (Å²) in [5.74, 6) is 0.328. The zero-order valence-electron chi connectivity index (χ0n) is 17.2. The Bertz CT molecular complexity index is 1020. The van der Waals surface area contributed by atoms with Crippen molar-refractivity contribution < 1.29 is 23.0 Å². The van der Waals surface area contributed by atoms with Crippen LogP contribution < -0.4 is 14.2 Å². The molecule has 3 aromatic carbocycles. The van der Waals surface area contributed by atoms with Gasteiger partial charge in [-0.1, -0.05) is 54.6 Å². The molecule has 3 rings (SSSR count). The van der Waals surface area contributed by atoms with Gasteiger partial charge in [0.25, 0.3) is 0 Å². The maximum atomic E-state index is 12.6. The van der Waals surface area contributed by atoms with Crippen molar-refractivity contribution in [2.24, 2.45) is 0 Å². The molecule has 1 amide bonds. The summed E-state index contributed by atoms with van der Waals surface area (Å²) in [7, 11) is 1.46. The normalized spacial score (nSPS) is 11.5. The number of hydrogen-bond donors (Lipinski definition) is 2. The molecule has 0 saturated heterocycles. The first kappa shape index (κ1) is 22.5. The summed E-state index contributed by atoms with van der Waals surface area (Å²) in [6.45, 7) is 0.125. The number of ether oxygens (including phenoxy) is 1. The molecule has 0 aliphatic rings. The van der Waals surface area contributed by atoms with Gasteiger partial charge in [0.05, 0.1) is 25.0 Å². The Morgan fingerprint density at radius 1 is 1.00 bits per heavy atom. The molecule has 0 fully saturated rings. The molecule has 0 radical (unpaired) electrons. The third-order valence-electron chi connectivity index (χ3n) is 4.72. The van der Waals surface area contributed by atoms with E-state index >= 15 is 0 Å². The average molecular weight is 440 g/mol. The number of amides is 1. The highest BCUT2D eigenvalue weighted by Gasteiger charge is 2.20. The Morgan fingerprint density at radius 2 is 1.68 bits per heavy atom. The Morgan fingerprint density at radius 3 is 2.32 bits per heavy atom. The van der Waals surface area contributed by atoms with Crippen LogP contribution in [0.5, 0.6) is 11.5 Å². The molecule has 1 atom stereocenters. The largest absolute Gasteiger partial charge is 0.493 e. The number of benzene rings is 3. The predicted octanol–water partition coefficient (Wildman–Crippen LogP) is 3.19. The van der Waals surface area contributed by atoms with Crippen LogP contribution in [0.25, 0.3) is 0 Å². The molecule has 31 heavy (non-hydrogen) atoms. The lowest BCUT2D eigenvalue weighted by Crippen LogP contribution is -2.27. The van der Waals surface area contributed by atoms with Crippen LogP contribution in [-0.4, -0.2) is 28.9 Å². The Balaban J connectivity index is 1.72. The number of rotatable bonds is 10. The first-order valence-corrected chi connectivity index (χ1v) is 10.9. The molecule has 0 bridgehead atoms. The number of methoxy groups -OCH3 is 1. The van der Waals surface area contributed by atoms with E-state index in [4.69, 9.17) is 8.92 Å². The summed E-state index contributed by atoms with van der Waals surface area (Å²) < 4.78 is 23.6. The molecular weight excluding hydrogens is 414 g/mol. The summed E-state index contributed by atoms with van der Waals surface area (Å²) in [5.41, 5.74) is 2.10. The smallest absolute Gasteiger partial charge is 0.240 e. The maximum absolute atomic E-state index is 12.6. The molecular formula is C24H25NO5S. The van der Waals surface area contributed by atoms with Crippen LogP contribution in [0.4, 0.5) is 0 Å². The molecule has 0 saturated carbocycles. The van der Waals surface area contributed by atoms with Gasteiger partial charge >= 0.3 is 0 Å². The van der Waals surface area contributed by atoms with E-state index in [2.05, 4.69) is 5.32 Å². The van der Waals surface area contributed by atoms with Crippen LogP contribution >= 0.6 is 0 Å². The first-order chi connectivity index (χ1) is 15.1. The predicted molar refractivity (Wildman–Crippen MR) is 119 cm³/mol. The SMILES string of the molecule is COc1ccc(CC(=O)NCCc2ccccc2)c(CO)c1OS(=O)c1ccccc1. The molecule has 0 aliphatic heterocycles. The molecule has 6 nitrogen and oxygen atoms in total. The van der Waals surface area contributed by atoms with Crippen molar-refractivity contribution in [3.8, 4) is 11.5 Å². The van der Waals surface area contributed by atoms with Gasteiger partial charge < -0.3 is 19.3 Å². The second-order valence-corrected chi connectivity index (χ2v) is 7.89. The van der Waals surface area contributed by atoms with Crippen molar-refractivity contribution in [1.82, 2.24) is 5.32 Å². The maximum Gasteiger partial charge on any atom is 0.240 e. The van der Waals surface area contributed by atoms with Crippen molar-refractivity contribution in [2.45, 2.75) is 24.3 Å². The minimum atomic E-state index is -1.80. The van der Waals surface area contributed by atoms with Crippen molar-refractivity contribution in [3.05, 3.63) is 89.5 Å². The number of aliphatic hydroxyl groups excluding tert-OH is 1. The van der Waals surface area contributed by atoms with E-state index in [9.17, 15) is 14.1 Å². The van der Waals surface area contributed by atoms with E-state index in [1.807, 2.05) is 36.4 Å². The summed E-state index contributed by atoms with van der Waals surface area (Å²) in [6, 6.07) is 22.0. The molecule has 0 spiro atoms. The fourth-order valence-electron chi connectivity index (χ4n) is 3.12. The molecule has 2 N–H and O–H groups in total. The average Bonchev–Trinajstić information content (AvgIpc) is 2.80. The lowest BCUT2D eigenvalue weighted by Gasteiger charge is -2.16. The van der Waals surface area contributed by atoms with Crippen molar-refractivity contribution in [3.63, 3.8) is 0 Å². The van der Waals surface area contributed by atoms with Gasteiger partial charge in [0.15, 0.2) is 11.5 Å². The van der Waals surface area contributed by atoms with Gasteiger partial charge in [-0.3, -0.25) is 4.79 Å². The van der Waals surface area contributed by atoms with Gasteiger partial charge in [0.1, 0.15) is 0 Å². The molecule has 1 unspecified atom stereocenters. The van der Waals surface area contributed by atoms with Gasteiger partial charge in [-0.05, 0) is 35.7 Å². The highest BCUT2D eigenvalue weighted by molar-refractivity contribution is 7.80. The summed E-state index contributed by atoms with van der Waals surface area (Å²) in [4.78, 5) is 12.9. The van der Waals surface area contributed by atoms with E-state index in [1.54, 1.807) is 36.4 Å². The Kier molecular flexibility index (Phi) is 8.20. The monoisotopic (exact) mass is 439 g/mol. The molecule has 7 heteroatoms. The highest BCUT2D eigenvalue weighted by atomic mass is 32.2. The summed E-state index contributed by atoms with van der Waals surface area (Å²) in [5, 5.41) is 12.9. The van der Waals surface area contributed by atoms with Crippen molar-refractivity contribution in [1.29, 1.82) is 0 Å².